The van der Waals surface area contributed by atoms with Gasteiger partial charge in [0.25, 0.3) is 0 Å². The average molecular weight is 626 g/mol. The maximum atomic E-state index is 13.8. The predicted octanol–water partition coefficient (Wildman–Crippen LogP) is 7.88. The van der Waals surface area contributed by atoms with Crippen LogP contribution in [0.15, 0.2) is 48.7 Å². The number of hydrogen-bond donors (Lipinski definition) is 2. The fourth-order valence-electron chi connectivity index (χ4n) is 4.00. The molecule has 1 heterocycles. The minimum Gasteiger partial charge on any atom is -0.483 e. The van der Waals surface area contributed by atoms with Gasteiger partial charge in [-0.3, -0.25) is 19.9 Å². The van der Waals surface area contributed by atoms with Crippen LogP contribution >= 0.6 is 0 Å². The van der Waals surface area contributed by atoms with Crippen LogP contribution in [0.2, 0.25) is 0 Å². The molecule has 1 aromatic heterocycles. The van der Waals surface area contributed by atoms with Crippen LogP contribution < -0.4 is 15.4 Å². The number of nitrogens with one attached hydrogen (secondary N) is 2. The third-order valence-electron chi connectivity index (χ3n) is 5.79. The molecule has 0 radical (unpaired) electrons. The Morgan fingerprint density at radius 2 is 1.55 bits per heavy atom. The van der Waals surface area contributed by atoms with Gasteiger partial charge in [0.2, 0.25) is 5.91 Å². The number of aromatic nitrogens is 1. The highest BCUT2D eigenvalue weighted by Gasteiger charge is 2.38. The minimum atomic E-state index is -5.22. The number of hydrogen-bond acceptors (Lipinski definition) is 6. The van der Waals surface area contributed by atoms with Gasteiger partial charge in [-0.15, -0.1) is 0 Å². The maximum absolute atomic E-state index is 13.8. The van der Waals surface area contributed by atoms with E-state index in [0.717, 1.165) is 16.8 Å². The molecule has 44 heavy (non-hydrogen) atoms. The van der Waals surface area contributed by atoms with E-state index >= 15 is 0 Å². The number of ether oxygens (including phenoxy) is 2. The molecule has 0 spiro atoms. The quantitative estimate of drug-likeness (QED) is 0.150. The summed E-state index contributed by atoms with van der Waals surface area (Å²) in [5.74, 6) is -2.99. The number of pyridine rings is 1. The summed E-state index contributed by atoms with van der Waals surface area (Å²) in [6.07, 6.45) is -10.5. The van der Waals surface area contributed by atoms with Crippen molar-refractivity contribution in [3.63, 3.8) is 0 Å². The standard InChI is InChI=1S/C30H29F6N3O5/c1-16-9-17(2)37-14-20(16)18-7-6-8-19(10-18)24(40)13-26(41)38-22-11-21(30(34,35)36)25(43-15-29(31,32)33)12-23(22)39-27(42)44-28(3,4)5/h6-12,14H,13,15H2,1-5H3,(H,38,41)(H,39,42). The molecular weight excluding hydrogens is 596 g/mol. The number of benzene rings is 2. The largest absolute Gasteiger partial charge is 0.483 e. The summed E-state index contributed by atoms with van der Waals surface area (Å²) in [5.41, 5.74) is -0.704. The Bertz CT molecular complexity index is 1560. The molecule has 0 saturated heterocycles. The fourth-order valence-corrected chi connectivity index (χ4v) is 4.00. The lowest BCUT2D eigenvalue weighted by atomic mass is 9.98. The van der Waals surface area contributed by atoms with Gasteiger partial charge >= 0.3 is 18.4 Å². The van der Waals surface area contributed by atoms with Crippen LogP contribution in [-0.4, -0.2) is 41.2 Å². The summed E-state index contributed by atoms with van der Waals surface area (Å²) in [6, 6.07) is 8.98. The number of rotatable bonds is 8. The van der Waals surface area contributed by atoms with Crippen molar-refractivity contribution >= 4 is 29.2 Å². The molecule has 236 valence electrons. The second kappa shape index (κ2) is 12.9. The number of carbonyl (C=O) groups is 3. The third-order valence-corrected chi connectivity index (χ3v) is 5.79. The highest BCUT2D eigenvalue weighted by molar-refractivity contribution is 6.12. The highest BCUT2D eigenvalue weighted by Crippen LogP contribution is 2.42. The van der Waals surface area contributed by atoms with Crippen LogP contribution in [-0.2, 0) is 15.7 Å². The molecule has 8 nitrogen and oxygen atoms in total. The van der Waals surface area contributed by atoms with E-state index in [1.165, 1.54) is 26.8 Å². The number of Topliss-reactive ketones (excluding diaryl/α,β-unsaturated/α-hetero) is 1. The van der Waals surface area contributed by atoms with Crippen molar-refractivity contribution in [1.82, 2.24) is 4.98 Å². The molecule has 0 atom stereocenters. The highest BCUT2D eigenvalue weighted by atomic mass is 19.4. The Morgan fingerprint density at radius 3 is 2.14 bits per heavy atom. The van der Waals surface area contributed by atoms with Crippen molar-refractivity contribution in [2.75, 3.05) is 17.2 Å². The summed E-state index contributed by atoms with van der Waals surface area (Å²) < 4.78 is 89.2. The van der Waals surface area contributed by atoms with E-state index in [-0.39, 0.29) is 5.56 Å². The zero-order valence-corrected chi connectivity index (χ0v) is 24.3. The summed E-state index contributed by atoms with van der Waals surface area (Å²) in [4.78, 5) is 42.5. The van der Waals surface area contributed by atoms with Crippen molar-refractivity contribution < 1.29 is 50.2 Å². The number of nitrogens with zero attached hydrogens (tertiary/aromatic N) is 1. The number of aryl methyl sites for hydroxylation is 2. The summed E-state index contributed by atoms with van der Waals surface area (Å²) in [7, 11) is 0. The first-order chi connectivity index (χ1) is 20.2. The van der Waals surface area contributed by atoms with Gasteiger partial charge in [-0.25, -0.2) is 4.79 Å². The monoisotopic (exact) mass is 625 g/mol. The second-order valence-corrected chi connectivity index (χ2v) is 10.8. The van der Waals surface area contributed by atoms with Gasteiger partial charge in [0.15, 0.2) is 12.4 Å². The van der Waals surface area contributed by atoms with E-state index in [2.05, 4.69) is 20.4 Å². The Balaban J connectivity index is 1.92. The van der Waals surface area contributed by atoms with Crippen molar-refractivity contribution in [2.24, 2.45) is 0 Å². The Kier molecular flexibility index (Phi) is 9.96. The van der Waals surface area contributed by atoms with E-state index in [1.54, 1.807) is 24.4 Å². The number of halogens is 6. The van der Waals surface area contributed by atoms with E-state index < -0.39 is 71.5 Å². The van der Waals surface area contributed by atoms with Gasteiger partial charge in [-0.05, 0) is 63.9 Å². The van der Waals surface area contributed by atoms with Crippen molar-refractivity contribution in [2.45, 2.75) is 59.0 Å². The van der Waals surface area contributed by atoms with Crippen LogP contribution in [0.1, 0.15) is 54.4 Å². The van der Waals surface area contributed by atoms with Crippen LogP contribution in [0.25, 0.3) is 11.1 Å². The van der Waals surface area contributed by atoms with Gasteiger partial charge in [-0.1, -0.05) is 18.2 Å². The number of amides is 2. The van der Waals surface area contributed by atoms with Gasteiger partial charge in [-0.2, -0.15) is 26.3 Å². The Hall–Kier alpha value is -4.62. The molecule has 0 bridgehead atoms. The van der Waals surface area contributed by atoms with Crippen molar-refractivity contribution in [3.8, 4) is 16.9 Å². The van der Waals surface area contributed by atoms with Gasteiger partial charge in [0.1, 0.15) is 11.4 Å². The lowest BCUT2D eigenvalue weighted by Gasteiger charge is -2.22. The first-order valence-electron chi connectivity index (χ1n) is 13.0. The van der Waals surface area contributed by atoms with Crippen LogP contribution in [0.3, 0.4) is 0 Å². The fraction of sp³-hybridized carbons (Fsp3) is 0.333. The van der Waals surface area contributed by atoms with Gasteiger partial charge in [0.05, 0.1) is 23.4 Å². The number of anilines is 2. The molecule has 0 fully saturated rings. The van der Waals surface area contributed by atoms with Gasteiger partial charge in [0, 0.05) is 29.1 Å². The van der Waals surface area contributed by atoms with E-state index in [4.69, 9.17) is 4.74 Å². The van der Waals surface area contributed by atoms with E-state index in [9.17, 15) is 40.7 Å². The Labute approximate surface area is 248 Å². The number of ketones is 1. The summed E-state index contributed by atoms with van der Waals surface area (Å²) in [6.45, 7) is 6.12. The van der Waals surface area contributed by atoms with Crippen molar-refractivity contribution in [1.29, 1.82) is 0 Å². The zero-order chi connectivity index (χ0) is 33.0. The maximum Gasteiger partial charge on any atom is 0.422 e. The molecule has 3 aromatic rings. The molecule has 0 aliphatic heterocycles. The van der Waals surface area contributed by atoms with Crippen LogP contribution in [0.5, 0.6) is 5.75 Å². The number of carbonyl (C=O) groups excluding carboxylic acids is 3. The lowest BCUT2D eigenvalue weighted by molar-refractivity contribution is -0.158. The minimum absolute atomic E-state index is 0.136. The van der Waals surface area contributed by atoms with E-state index in [0.29, 0.717) is 17.7 Å². The molecule has 0 saturated carbocycles. The smallest absolute Gasteiger partial charge is 0.422 e. The molecule has 2 amide bonds. The molecule has 0 unspecified atom stereocenters. The Morgan fingerprint density at radius 1 is 0.886 bits per heavy atom. The molecule has 2 N–H and O–H groups in total. The molecular formula is C30H29F6N3O5. The molecule has 14 heteroatoms. The third kappa shape index (κ3) is 9.71. The summed E-state index contributed by atoms with van der Waals surface area (Å²) in [5, 5.41) is 4.25. The van der Waals surface area contributed by atoms with Crippen LogP contribution in [0, 0.1) is 13.8 Å². The van der Waals surface area contributed by atoms with Crippen LogP contribution in [0.4, 0.5) is 42.5 Å². The molecule has 3 rings (SSSR count). The van der Waals surface area contributed by atoms with E-state index in [1.807, 2.05) is 19.9 Å². The first-order valence-corrected chi connectivity index (χ1v) is 13.0. The SMILES string of the molecule is Cc1cc(C)c(-c2cccc(C(=O)CC(=O)Nc3cc(C(F)(F)F)c(OCC(F)(F)F)cc3NC(=O)OC(C)(C)C)c2)cn1. The lowest BCUT2D eigenvalue weighted by Crippen LogP contribution is -2.28. The van der Waals surface area contributed by atoms with Gasteiger partial charge < -0.3 is 14.8 Å². The summed E-state index contributed by atoms with van der Waals surface area (Å²) >= 11 is 0. The topological polar surface area (TPSA) is 107 Å². The molecule has 0 aliphatic carbocycles. The zero-order valence-electron chi connectivity index (χ0n) is 24.3. The van der Waals surface area contributed by atoms with Crippen molar-refractivity contribution in [3.05, 3.63) is 71.0 Å². The first kappa shape index (κ1) is 33.9. The number of alkyl halides is 6. The average Bonchev–Trinajstić information content (AvgIpc) is 2.86. The molecule has 0 aliphatic rings. The molecule has 2 aromatic carbocycles. The predicted molar refractivity (Wildman–Crippen MR) is 150 cm³/mol. The normalized spacial score (nSPS) is 12.0. The second-order valence-electron chi connectivity index (χ2n) is 10.8.